The lowest BCUT2D eigenvalue weighted by atomic mass is 10.2. The monoisotopic (exact) mass is 166 g/mol. The van der Waals surface area contributed by atoms with Crippen molar-refractivity contribution in [2.24, 2.45) is 0 Å². The molecular formula is C6H15ClN2O. The van der Waals surface area contributed by atoms with E-state index in [9.17, 15) is 0 Å². The molecule has 1 heterocycles. The molecule has 0 unspecified atom stereocenters. The summed E-state index contributed by atoms with van der Waals surface area (Å²) in [6, 6.07) is 0.517. The molecule has 3 nitrogen and oxygen atoms in total. The van der Waals surface area contributed by atoms with E-state index in [1.807, 2.05) is 0 Å². The normalized spacial score (nSPS) is 25.5. The lowest BCUT2D eigenvalue weighted by molar-refractivity contribution is 0.159. The fraction of sp³-hybridized carbons (Fsp3) is 1.00. The molecule has 1 aliphatic heterocycles. The molecule has 0 aliphatic carbocycles. The highest BCUT2D eigenvalue weighted by molar-refractivity contribution is 5.85. The number of ether oxygens (including phenoxy) is 1. The van der Waals surface area contributed by atoms with E-state index in [0.717, 1.165) is 26.2 Å². The van der Waals surface area contributed by atoms with Gasteiger partial charge in [0, 0.05) is 32.8 Å². The Labute approximate surface area is 67.9 Å². The largest absolute Gasteiger partial charge is 0.383 e. The molecule has 0 amide bonds. The van der Waals surface area contributed by atoms with Crippen LogP contribution in [0, 0.1) is 0 Å². The minimum Gasteiger partial charge on any atom is -0.383 e. The Morgan fingerprint density at radius 1 is 1.50 bits per heavy atom. The first-order valence-corrected chi connectivity index (χ1v) is 3.36. The second-order valence-electron chi connectivity index (χ2n) is 2.31. The van der Waals surface area contributed by atoms with Crippen LogP contribution < -0.4 is 10.6 Å². The van der Waals surface area contributed by atoms with Gasteiger partial charge in [-0.15, -0.1) is 12.4 Å². The lowest BCUT2D eigenvalue weighted by Crippen LogP contribution is -2.50. The highest BCUT2D eigenvalue weighted by atomic mass is 35.5. The number of rotatable bonds is 2. The van der Waals surface area contributed by atoms with E-state index in [4.69, 9.17) is 4.74 Å². The summed E-state index contributed by atoms with van der Waals surface area (Å²) >= 11 is 0. The molecule has 1 saturated heterocycles. The number of nitrogens with one attached hydrogen (secondary N) is 2. The van der Waals surface area contributed by atoms with Crippen LogP contribution in [0.2, 0.25) is 0 Å². The Morgan fingerprint density at radius 2 is 2.30 bits per heavy atom. The average molecular weight is 167 g/mol. The SMILES string of the molecule is COC[C@@H]1CNCCN1.Cl. The Hall–Kier alpha value is 0.170. The average Bonchev–Trinajstić information content (AvgIpc) is 1.91. The van der Waals surface area contributed by atoms with Gasteiger partial charge in [0.05, 0.1) is 6.61 Å². The molecule has 0 aromatic heterocycles. The summed E-state index contributed by atoms with van der Waals surface area (Å²) in [5, 5.41) is 6.61. The predicted molar refractivity (Wildman–Crippen MR) is 43.8 cm³/mol. The van der Waals surface area contributed by atoms with Gasteiger partial charge in [-0.1, -0.05) is 0 Å². The lowest BCUT2D eigenvalue weighted by Gasteiger charge is -2.23. The summed E-state index contributed by atoms with van der Waals surface area (Å²) in [4.78, 5) is 0. The molecular weight excluding hydrogens is 152 g/mol. The third-order valence-electron chi connectivity index (χ3n) is 1.49. The van der Waals surface area contributed by atoms with Gasteiger partial charge in [-0.25, -0.2) is 0 Å². The van der Waals surface area contributed by atoms with Gasteiger partial charge < -0.3 is 15.4 Å². The molecule has 0 aromatic carbocycles. The van der Waals surface area contributed by atoms with Gasteiger partial charge in [0.2, 0.25) is 0 Å². The van der Waals surface area contributed by atoms with E-state index in [1.165, 1.54) is 0 Å². The van der Waals surface area contributed by atoms with Crippen molar-refractivity contribution in [2.75, 3.05) is 33.4 Å². The van der Waals surface area contributed by atoms with E-state index in [1.54, 1.807) is 7.11 Å². The van der Waals surface area contributed by atoms with Crippen LogP contribution in [0.25, 0.3) is 0 Å². The molecule has 0 aromatic rings. The first-order chi connectivity index (χ1) is 4.43. The van der Waals surface area contributed by atoms with Crippen LogP contribution in [0.15, 0.2) is 0 Å². The molecule has 0 saturated carbocycles. The summed E-state index contributed by atoms with van der Waals surface area (Å²) in [5.41, 5.74) is 0. The summed E-state index contributed by atoms with van der Waals surface area (Å²) in [6.45, 7) is 4.00. The number of hydrogen-bond acceptors (Lipinski definition) is 3. The van der Waals surface area contributed by atoms with E-state index in [0.29, 0.717) is 6.04 Å². The molecule has 1 atom stereocenters. The maximum atomic E-state index is 4.98. The molecule has 1 aliphatic rings. The molecule has 0 bridgehead atoms. The first kappa shape index (κ1) is 10.2. The quantitative estimate of drug-likeness (QED) is 0.587. The second kappa shape index (κ2) is 5.92. The van der Waals surface area contributed by atoms with E-state index < -0.39 is 0 Å². The topological polar surface area (TPSA) is 33.3 Å². The van der Waals surface area contributed by atoms with Crippen molar-refractivity contribution in [2.45, 2.75) is 6.04 Å². The molecule has 2 N–H and O–H groups in total. The molecule has 1 rings (SSSR count). The van der Waals surface area contributed by atoms with Crippen molar-refractivity contribution in [1.82, 2.24) is 10.6 Å². The summed E-state index contributed by atoms with van der Waals surface area (Å²) in [7, 11) is 1.73. The second-order valence-corrected chi connectivity index (χ2v) is 2.31. The minimum absolute atomic E-state index is 0. The maximum Gasteiger partial charge on any atom is 0.0628 e. The fourth-order valence-electron chi connectivity index (χ4n) is 1.03. The molecule has 62 valence electrons. The molecule has 0 spiro atoms. The van der Waals surface area contributed by atoms with E-state index >= 15 is 0 Å². The van der Waals surface area contributed by atoms with Crippen LogP contribution in [-0.4, -0.2) is 39.4 Å². The third kappa shape index (κ3) is 3.37. The Balaban J connectivity index is 0.000000810. The van der Waals surface area contributed by atoms with Gasteiger partial charge in [0.15, 0.2) is 0 Å². The highest BCUT2D eigenvalue weighted by Gasteiger charge is 2.09. The van der Waals surface area contributed by atoms with Crippen LogP contribution in [0.5, 0.6) is 0 Å². The summed E-state index contributed by atoms with van der Waals surface area (Å²) in [6.07, 6.45) is 0. The van der Waals surface area contributed by atoms with Crippen molar-refractivity contribution in [3.05, 3.63) is 0 Å². The fourth-order valence-corrected chi connectivity index (χ4v) is 1.03. The van der Waals surface area contributed by atoms with Gasteiger partial charge in [0.1, 0.15) is 0 Å². The van der Waals surface area contributed by atoms with Crippen molar-refractivity contribution in [1.29, 1.82) is 0 Å². The first-order valence-electron chi connectivity index (χ1n) is 3.36. The smallest absolute Gasteiger partial charge is 0.0628 e. The minimum atomic E-state index is 0. The molecule has 4 heteroatoms. The zero-order valence-corrected chi connectivity index (χ0v) is 7.04. The third-order valence-corrected chi connectivity index (χ3v) is 1.49. The zero-order valence-electron chi connectivity index (χ0n) is 6.22. The van der Waals surface area contributed by atoms with Gasteiger partial charge in [-0.05, 0) is 0 Å². The Kier molecular flexibility index (Phi) is 6.02. The van der Waals surface area contributed by atoms with Gasteiger partial charge in [0.25, 0.3) is 0 Å². The predicted octanol–water partition coefficient (Wildman–Crippen LogP) is -0.384. The maximum absolute atomic E-state index is 4.98. The zero-order chi connectivity index (χ0) is 6.53. The Bertz CT molecular complexity index is 73.4. The number of methoxy groups -OCH3 is 1. The van der Waals surface area contributed by atoms with Gasteiger partial charge >= 0.3 is 0 Å². The number of halogens is 1. The molecule has 0 radical (unpaired) electrons. The van der Waals surface area contributed by atoms with Gasteiger partial charge in [-0.2, -0.15) is 0 Å². The molecule has 10 heavy (non-hydrogen) atoms. The summed E-state index contributed by atoms with van der Waals surface area (Å²) in [5.74, 6) is 0. The number of hydrogen-bond donors (Lipinski definition) is 2. The molecule has 1 fully saturated rings. The van der Waals surface area contributed by atoms with Crippen molar-refractivity contribution in [3.8, 4) is 0 Å². The van der Waals surface area contributed by atoms with Crippen molar-refractivity contribution < 1.29 is 4.74 Å². The van der Waals surface area contributed by atoms with Gasteiger partial charge in [-0.3, -0.25) is 0 Å². The van der Waals surface area contributed by atoms with Crippen LogP contribution >= 0.6 is 12.4 Å². The van der Waals surface area contributed by atoms with Crippen LogP contribution in [0.1, 0.15) is 0 Å². The van der Waals surface area contributed by atoms with Crippen molar-refractivity contribution in [3.63, 3.8) is 0 Å². The van der Waals surface area contributed by atoms with Crippen LogP contribution in [-0.2, 0) is 4.74 Å². The van der Waals surface area contributed by atoms with Crippen LogP contribution in [0.4, 0.5) is 0 Å². The van der Waals surface area contributed by atoms with Crippen LogP contribution in [0.3, 0.4) is 0 Å². The van der Waals surface area contributed by atoms with E-state index in [-0.39, 0.29) is 12.4 Å². The number of piperazine rings is 1. The summed E-state index contributed by atoms with van der Waals surface area (Å²) < 4.78 is 4.98. The van der Waals surface area contributed by atoms with Crippen molar-refractivity contribution >= 4 is 12.4 Å². The standard InChI is InChI=1S/C6H14N2O.ClH/c1-9-5-6-4-7-2-3-8-6;/h6-8H,2-5H2,1H3;1H/t6-;/m0./s1. The van der Waals surface area contributed by atoms with E-state index in [2.05, 4.69) is 10.6 Å². The highest BCUT2D eigenvalue weighted by Crippen LogP contribution is 1.85. The Morgan fingerprint density at radius 3 is 2.80 bits per heavy atom.